The van der Waals surface area contributed by atoms with Crippen molar-refractivity contribution < 1.29 is 9.18 Å². The highest BCUT2D eigenvalue weighted by Gasteiger charge is 2.43. The van der Waals surface area contributed by atoms with Crippen molar-refractivity contribution in [1.82, 2.24) is 5.32 Å². The van der Waals surface area contributed by atoms with Gasteiger partial charge in [-0.15, -0.1) is 0 Å². The molecule has 1 fully saturated rings. The fraction of sp³-hybridized carbons (Fsp3) is 0.500. The molecule has 1 aromatic carbocycles. The number of nitrogens with one attached hydrogen (secondary N) is 1. The van der Waals surface area contributed by atoms with Crippen LogP contribution in [0, 0.1) is 11.2 Å². The van der Waals surface area contributed by atoms with E-state index in [0.717, 1.165) is 24.8 Å². The lowest BCUT2D eigenvalue weighted by atomic mass is 9.68. The van der Waals surface area contributed by atoms with Gasteiger partial charge < -0.3 is 11.1 Å². The van der Waals surface area contributed by atoms with Crippen molar-refractivity contribution in [2.24, 2.45) is 11.1 Å². The molecule has 0 unspecified atom stereocenters. The summed E-state index contributed by atoms with van der Waals surface area (Å²) in [6, 6.07) is 6.06. The van der Waals surface area contributed by atoms with Crippen LogP contribution in [0.1, 0.15) is 37.8 Å². The van der Waals surface area contributed by atoms with Crippen LogP contribution in [-0.2, 0) is 4.79 Å². The zero-order valence-electron chi connectivity index (χ0n) is 10.6. The van der Waals surface area contributed by atoms with E-state index in [4.69, 9.17) is 5.73 Å². The smallest absolute Gasteiger partial charge is 0.227 e. The lowest BCUT2D eigenvalue weighted by molar-refractivity contribution is -0.135. The first-order valence-electron chi connectivity index (χ1n) is 6.34. The largest absolute Gasteiger partial charge is 0.349 e. The minimum absolute atomic E-state index is 0.0214. The number of benzene rings is 1. The molecule has 0 bridgehead atoms. The zero-order valence-corrected chi connectivity index (χ0v) is 10.6. The Balaban J connectivity index is 2.01. The van der Waals surface area contributed by atoms with Gasteiger partial charge in [-0.05, 0) is 37.5 Å². The van der Waals surface area contributed by atoms with Crippen molar-refractivity contribution in [2.75, 3.05) is 6.54 Å². The predicted molar refractivity (Wildman–Crippen MR) is 68.3 cm³/mol. The Kier molecular flexibility index (Phi) is 3.66. The van der Waals surface area contributed by atoms with E-state index in [0.29, 0.717) is 6.54 Å². The number of amides is 1. The van der Waals surface area contributed by atoms with Gasteiger partial charge in [0, 0.05) is 6.54 Å². The van der Waals surface area contributed by atoms with Crippen LogP contribution >= 0.6 is 0 Å². The number of nitrogens with two attached hydrogens (primary N) is 1. The number of rotatable bonds is 4. The van der Waals surface area contributed by atoms with Gasteiger partial charge in [-0.3, -0.25) is 4.79 Å². The fourth-order valence-corrected chi connectivity index (χ4v) is 2.31. The second-order valence-corrected chi connectivity index (χ2v) is 5.08. The topological polar surface area (TPSA) is 55.1 Å². The van der Waals surface area contributed by atoms with Gasteiger partial charge in [-0.1, -0.05) is 18.6 Å². The molecule has 0 radical (unpaired) electrons. The summed E-state index contributed by atoms with van der Waals surface area (Å²) >= 11 is 0. The van der Waals surface area contributed by atoms with Crippen molar-refractivity contribution >= 4 is 5.91 Å². The average molecular weight is 250 g/mol. The van der Waals surface area contributed by atoms with Gasteiger partial charge in [0.2, 0.25) is 5.91 Å². The normalized spacial score (nSPS) is 18.8. The van der Waals surface area contributed by atoms with Crippen molar-refractivity contribution in [3.8, 4) is 0 Å². The molecule has 1 aliphatic rings. The van der Waals surface area contributed by atoms with E-state index >= 15 is 0 Å². The first-order valence-corrected chi connectivity index (χ1v) is 6.34. The van der Waals surface area contributed by atoms with Crippen LogP contribution in [0.4, 0.5) is 4.39 Å². The first-order chi connectivity index (χ1) is 8.57. The molecule has 0 spiro atoms. The lowest BCUT2D eigenvalue weighted by Gasteiger charge is -2.39. The average Bonchev–Trinajstić information content (AvgIpc) is 2.29. The highest BCUT2D eigenvalue weighted by molar-refractivity contribution is 5.84. The molecule has 2 rings (SSSR count). The zero-order chi connectivity index (χ0) is 13.2. The Morgan fingerprint density at radius 2 is 2.06 bits per heavy atom. The van der Waals surface area contributed by atoms with Crippen LogP contribution in [0.3, 0.4) is 0 Å². The summed E-state index contributed by atoms with van der Waals surface area (Å²) in [5.74, 6) is -0.247. The molecule has 3 nitrogen and oxygen atoms in total. The Hall–Kier alpha value is -1.42. The number of halogens is 1. The standard InChI is InChI=1S/C14H19FN2O/c1-10(11-3-5-12(15)6-4-11)17-13(18)14(9-16)7-2-8-14/h3-6,10H,2,7-9,16H2,1H3,(H,17,18)/t10-/m1/s1. The van der Waals surface area contributed by atoms with Crippen LogP contribution in [-0.4, -0.2) is 12.5 Å². The molecular weight excluding hydrogens is 231 g/mol. The first kappa shape index (κ1) is 13.0. The van der Waals surface area contributed by atoms with E-state index in [1.54, 1.807) is 12.1 Å². The second kappa shape index (κ2) is 5.06. The van der Waals surface area contributed by atoms with Gasteiger partial charge in [0.25, 0.3) is 0 Å². The Bertz CT molecular complexity index is 420. The van der Waals surface area contributed by atoms with Crippen LogP contribution in [0.25, 0.3) is 0 Å². The summed E-state index contributed by atoms with van der Waals surface area (Å²) in [6.07, 6.45) is 2.80. The molecule has 18 heavy (non-hydrogen) atoms. The molecule has 1 aliphatic carbocycles. The summed E-state index contributed by atoms with van der Waals surface area (Å²) in [5, 5.41) is 2.97. The van der Waals surface area contributed by atoms with Crippen LogP contribution in [0.5, 0.6) is 0 Å². The minimum atomic E-state index is -0.367. The van der Waals surface area contributed by atoms with Gasteiger partial charge in [-0.25, -0.2) is 4.39 Å². The maximum atomic E-state index is 12.8. The molecule has 1 saturated carbocycles. The summed E-state index contributed by atoms with van der Waals surface area (Å²) < 4.78 is 12.8. The Labute approximate surface area is 107 Å². The molecule has 98 valence electrons. The molecule has 1 atom stereocenters. The molecule has 4 heteroatoms. The number of carbonyl (C=O) groups excluding carboxylic acids is 1. The van der Waals surface area contributed by atoms with Crippen LogP contribution in [0.15, 0.2) is 24.3 Å². The SMILES string of the molecule is C[C@@H](NC(=O)C1(CN)CCC1)c1ccc(F)cc1. The third-order valence-electron chi connectivity index (χ3n) is 3.90. The molecular formula is C14H19FN2O. The molecule has 0 aliphatic heterocycles. The van der Waals surface area contributed by atoms with E-state index < -0.39 is 0 Å². The lowest BCUT2D eigenvalue weighted by Crippen LogP contribution is -2.50. The molecule has 1 amide bonds. The fourth-order valence-electron chi connectivity index (χ4n) is 2.31. The highest BCUT2D eigenvalue weighted by atomic mass is 19.1. The predicted octanol–water partition coefficient (Wildman–Crippen LogP) is 2.13. The third-order valence-corrected chi connectivity index (χ3v) is 3.90. The van der Waals surface area contributed by atoms with E-state index in [1.807, 2.05) is 6.92 Å². The molecule has 1 aromatic rings. The molecule has 3 N–H and O–H groups in total. The van der Waals surface area contributed by atoms with E-state index in [1.165, 1.54) is 12.1 Å². The van der Waals surface area contributed by atoms with Crippen LogP contribution in [0.2, 0.25) is 0 Å². The van der Waals surface area contributed by atoms with Gasteiger partial charge in [-0.2, -0.15) is 0 Å². The summed E-state index contributed by atoms with van der Waals surface area (Å²) in [6.45, 7) is 2.29. The van der Waals surface area contributed by atoms with Crippen molar-refractivity contribution in [3.63, 3.8) is 0 Å². The maximum Gasteiger partial charge on any atom is 0.227 e. The van der Waals surface area contributed by atoms with Gasteiger partial charge >= 0.3 is 0 Å². The van der Waals surface area contributed by atoms with E-state index in [-0.39, 0.29) is 23.2 Å². The maximum absolute atomic E-state index is 12.8. The Morgan fingerprint density at radius 3 is 2.50 bits per heavy atom. The van der Waals surface area contributed by atoms with E-state index in [9.17, 15) is 9.18 Å². The number of hydrogen-bond donors (Lipinski definition) is 2. The summed E-state index contributed by atoms with van der Waals surface area (Å²) in [7, 11) is 0. The number of carbonyl (C=O) groups is 1. The monoisotopic (exact) mass is 250 g/mol. The summed E-state index contributed by atoms with van der Waals surface area (Å²) in [5.41, 5.74) is 6.23. The Morgan fingerprint density at radius 1 is 1.44 bits per heavy atom. The quantitative estimate of drug-likeness (QED) is 0.860. The van der Waals surface area contributed by atoms with E-state index in [2.05, 4.69) is 5.32 Å². The van der Waals surface area contributed by atoms with Gasteiger partial charge in [0.05, 0.1) is 11.5 Å². The minimum Gasteiger partial charge on any atom is -0.349 e. The third kappa shape index (κ3) is 2.38. The van der Waals surface area contributed by atoms with Crippen molar-refractivity contribution in [2.45, 2.75) is 32.2 Å². The summed E-state index contributed by atoms with van der Waals surface area (Å²) in [4.78, 5) is 12.2. The van der Waals surface area contributed by atoms with Gasteiger partial charge in [0.15, 0.2) is 0 Å². The molecule has 0 aromatic heterocycles. The van der Waals surface area contributed by atoms with Crippen molar-refractivity contribution in [1.29, 1.82) is 0 Å². The van der Waals surface area contributed by atoms with Crippen molar-refractivity contribution in [3.05, 3.63) is 35.6 Å². The molecule has 0 saturated heterocycles. The van der Waals surface area contributed by atoms with Gasteiger partial charge in [0.1, 0.15) is 5.82 Å². The second-order valence-electron chi connectivity index (χ2n) is 5.08. The number of hydrogen-bond acceptors (Lipinski definition) is 2. The molecule has 0 heterocycles. The highest BCUT2D eigenvalue weighted by Crippen LogP contribution is 2.40. The van der Waals surface area contributed by atoms with Crippen LogP contribution < -0.4 is 11.1 Å².